The van der Waals surface area contributed by atoms with Gasteiger partial charge >= 0.3 is 0 Å². The molecule has 2 rings (SSSR count). The molecular formula is C16H25NO. The summed E-state index contributed by atoms with van der Waals surface area (Å²) in [6, 6.07) is 8.67. The van der Waals surface area contributed by atoms with E-state index in [0.29, 0.717) is 11.5 Å². The summed E-state index contributed by atoms with van der Waals surface area (Å²) in [6.45, 7) is 10.8. The Morgan fingerprint density at radius 1 is 1.39 bits per heavy atom. The largest absolute Gasteiger partial charge is 0.494 e. The maximum atomic E-state index is 5.68. The minimum Gasteiger partial charge on any atom is -0.494 e. The normalized spacial score (nSPS) is 22.6. The Morgan fingerprint density at radius 2 is 2.06 bits per heavy atom. The Labute approximate surface area is 111 Å². The van der Waals surface area contributed by atoms with Crippen molar-refractivity contribution in [3.63, 3.8) is 0 Å². The molecule has 1 aromatic carbocycles. The maximum absolute atomic E-state index is 5.68. The molecule has 0 saturated heterocycles. The van der Waals surface area contributed by atoms with Gasteiger partial charge in [-0.1, -0.05) is 32.0 Å². The van der Waals surface area contributed by atoms with Crippen LogP contribution >= 0.6 is 0 Å². The van der Waals surface area contributed by atoms with E-state index in [0.717, 1.165) is 24.8 Å². The second kappa shape index (κ2) is 5.31. The van der Waals surface area contributed by atoms with Gasteiger partial charge in [-0.2, -0.15) is 0 Å². The van der Waals surface area contributed by atoms with Crippen molar-refractivity contribution in [2.24, 2.45) is 11.3 Å². The third-order valence-electron chi connectivity index (χ3n) is 4.07. The van der Waals surface area contributed by atoms with Gasteiger partial charge in [0.05, 0.1) is 6.61 Å². The molecule has 1 aliphatic rings. The molecule has 2 atom stereocenters. The fraction of sp³-hybridized carbons (Fsp3) is 0.625. The van der Waals surface area contributed by atoms with Crippen LogP contribution in [0.25, 0.3) is 0 Å². The molecule has 0 radical (unpaired) electrons. The van der Waals surface area contributed by atoms with Crippen molar-refractivity contribution in [2.45, 2.75) is 40.2 Å². The smallest absolute Gasteiger partial charge is 0.124 e. The first kappa shape index (κ1) is 13.4. The van der Waals surface area contributed by atoms with Crippen molar-refractivity contribution in [3.05, 3.63) is 29.8 Å². The minimum absolute atomic E-state index is 0.351. The van der Waals surface area contributed by atoms with Crippen LogP contribution in [0.3, 0.4) is 0 Å². The minimum atomic E-state index is 0.351. The third kappa shape index (κ3) is 3.05. The van der Waals surface area contributed by atoms with E-state index in [2.05, 4.69) is 44.3 Å². The van der Waals surface area contributed by atoms with Gasteiger partial charge < -0.3 is 10.1 Å². The lowest BCUT2D eigenvalue weighted by Crippen LogP contribution is -2.23. The quantitative estimate of drug-likeness (QED) is 0.826. The van der Waals surface area contributed by atoms with Crippen molar-refractivity contribution >= 4 is 0 Å². The fourth-order valence-electron chi connectivity index (χ4n) is 2.48. The first-order valence-electron chi connectivity index (χ1n) is 6.99. The summed E-state index contributed by atoms with van der Waals surface area (Å²) in [5.41, 5.74) is 1.81. The highest BCUT2D eigenvalue weighted by Gasteiger charge is 2.44. The number of rotatable bonds is 6. The Morgan fingerprint density at radius 3 is 2.67 bits per heavy atom. The number of nitrogens with one attached hydrogen (secondary N) is 1. The van der Waals surface area contributed by atoms with Gasteiger partial charge in [-0.15, -0.1) is 0 Å². The SMILES string of the molecule is CCOc1ccccc1C(C)NCC1CC1(C)C. The van der Waals surface area contributed by atoms with E-state index in [1.807, 2.05) is 13.0 Å². The second-order valence-corrected chi connectivity index (χ2v) is 5.99. The summed E-state index contributed by atoms with van der Waals surface area (Å²) >= 11 is 0. The topological polar surface area (TPSA) is 21.3 Å². The molecule has 0 bridgehead atoms. The zero-order valence-electron chi connectivity index (χ0n) is 12.0. The second-order valence-electron chi connectivity index (χ2n) is 5.99. The molecule has 0 amide bonds. The van der Waals surface area contributed by atoms with Gasteiger partial charge in [0.15, 0.2) is 0 Å². The Kier molecular flexibility index (Phi) is 3.96. The Balaban J connectivity index is 1.93. The van der Waals surface area contributed by atoms with Crippen LogP contribution in [0, 0.1) is 11.3 Å². The molecule has 2 heteroatoms. The van der Waals surface area contributed by atoms with Crippen LogP contribution in [0.15, 0.2) is 24.3 Å². The van der Waals surface area contributed by atoms with Crippen LogP contribution in [0.2, 0.25) is 0 Å². The number of para-hydroxylation sites is 1. The van der Waals surface area contributed by atoms with Crippen LogP contribution in [-0.4, -0.2) is 13.2 Å². The van der Waals surface area contributed by atoms with E-state index in [1.165, 1.54) is 12.0 Å². The lowest BCUT2D eigenvalue weighted by atomic mass is 10.1. The van der Waals surface area contributed by atoms with Crippen molar-refractivity contribution in [2.75, 3.05) is 13.2 Å². The van der Waals surface area contributed by atoms with Crippen LogP contribution in [0.4, 0.5) is 0 Å². The molecule has 100 valence electrons. The van der Waals surface area contributed by atoms with Crippen molar-refractivity contribution in [1.29, 1.82) is 0 Å². The average molecular weight is 247 g/mol. The molecule has 0 aliphatic heterocycles. The molecule has 0 heterocycles. The number of hydrogen-bond donors (Lipinski definition) is 1. The molecule has 2 nitrogen and oxygen atoms in total. The van der Waals surface area contributed by atoms with Gasteiger partial charge in [0, 0.05) is 11.6 Å². The highest BCUT2D eigenvalue weighted by atomic mass is 16.5. The number of hydrogen-bond acceptors (Lipinski definition) is 2. The first-order valence-corrected chi connectivity index (χ1v) is 6.99. The van der Waals surface area contributed by atoms with Gasteiger partial charge in [-0.3, -0.25) is 0 Å². The summed E-state index contributed by atoms with van der Waals surface area (Å²) in [5, 5.41) is 3.64. The molecule has 1 fully saturated rings. The standard InChI is InChI=1S/C16H25NO/c1-5-18-15-9-7-6-8-14(15)12(2)17-11-13-10-16(13,3)4/h6-9,12-13,17H,5,10-11H2,1-4H3. The summed E-state index contributed by atoms with van der Waals surface area (Å²) in [6.07, 6.45) is 1.35. The highest BCUT2D eigenvalue weighted by Crippen LogP contribution is 2.51. The lowest BCUT2D eigenvalue weighted by molar-refractivity contribution is 0.332. The summed E-state index contributed by atoms with van der Waals surface area (Å²) in [5.74, 6) is 1.84. The third-order valence-corrected chi connectivity index (χ3v) is 4.07. The van der Waals surface area contributed by atoms with Crippen molar-refractivity contribution in [3.8, 4) is 5.75 Å². The van der Waals surface area contributed by atoms with Crippen LogP contribution < -0.4 is 10.1 Å². The van der Waals surface area contributed by atoms with Gasteiger partial charge in [0.25, 0.3) is 0 Å². The Hall–Kier alpha value is -1.02. The molecule has 2 unspecified atom stereocenters. The van der Waals surface area contributed by atoms with Gasteiger partial charge in [0.1, 0.15) is 5.75 Å². The van der Waals surface area contributed by atoms with E-state index in [9.17, 15) is 0 Å². The summed E-state index contributed by atoms with van der Waals surface area (Å²) in [4.78, 5) is 0. The molecule has 1 aliphatic carbocycles. The van der Waals surface area contributed by atoms with Gasteiger partial charge in [0.2, 0.25) is 0 Å². The van der Waals surface area contributed by atoms with E-state index in [4.69, 9.17) is 4.74 Å². The van der Waals surface area contributed by atoms with Crippen LogP contribution in [-0.2, 0) is 0 Å². The average Bonchev–Trinajstić information content (AvgIpc) is 2.95. The van der Waals surface area contributed by atoms with Crippen molar-refractivity contribution < 1.29 is 4.74 Å². The number of ether oxygens (including phenoxy) is 1. The lowest BCUT2D eigenvalue weighted by Gasteiger charge is -2.18. The van der Waals surface area contributed by atoms with Gasteiger partial charge in [-0.05, 0) is 44.2 Å². The summed E-state index contributed by atoms with van der Waals surface area (Å²) < 4.78 is 5.68. The fourth-order valence-corrected chi connectivity index (χ4v) is 2.48. The molecule has 0 spiro atoms. The van der Waals surface area contributed by atoms with Crippen LogP contribution in [0.1, 0.15) is 45.7 Å². The van der Waals surface area contributed by atoms with Crippen molar-refractivity contribution in [1.82, 2.24) is 5.32 Å². The highest BCUT2D eigenvalue weighted by molar-refractivity contribution is 5.35. The van der Waals surface area contributed by atoms with E-state index >= 15 is 0 Å². The first-order chi connectivity index (χ1) is 8.54. The molecule has 1 aromatic rings. The predicted octanol–water partition coefficient (Wildman–Crippen LogP) is 3.78. The zero-order valence-corrected chi connectivity index (χ0v) is 12.0. The molecule has 18 heavy (non-hydrogen) atoms. The maximum Gasteiger partial charge on any atom is 0.124 e. The van der Waals surface area contributed by atoms with E-state index in [-0.39, 0.29) is 0 Å². The molecule has 1 saturated carbocycles. The van der Waals surface area contributed by atoms with E-state index < -0.39 is 0 Å². The number of benzene rings is 1. The molecular weight excluding hydrogens is 222 g/mol. The van der Waals surface area contributed by atoms with Crippen LogP contribution in [0.5, 0.6) is 5.75 Å². The Bertz CT molecular complexity index is 400. The monoisotopic (exact) mass is 247 g/mol. The molecule has 0 aromatic heterocycles. The zero-order chi connectivity index (χ0) is 13.2. The molecule has 1 N–H and O–H groups in total. The predicted molar refractivity (Wildman–Crippen MR) is 75.9 cm³/mol. The summed E-state index contributed by atoms with van der Waals surface area (Å²) in [7, 11) is 0. The van der Waals surface area contributed by atoms with E-state index in [1.54, 1.807) is 0 Å². The van der Waals surface area contributed by atoms with Gasteiger partial charge in [-0.25, -0.2) is 0 Å².